The zero-order valence-electron chi connectivity index (χ0n) is 16.2. The standard InChI is InChI=1S/C22H22ClN3O2S/c1-28-19-8-4-17(5-9-19)22(27)26-12-10-25(11-13-26)14-21-24-20(15-29-21)16-2-6-18(23)7-3-16/h2-9,15H,10-14H2,1H3. The van der Waals surface area contributed by atoms with Crippen LogP contribution in [-0.2, 0) is 6.54 Å². The number of benzene rings is 2. The van der Waals surface area contributed by atoms with Crippen LogP contribution in [0.1, 0.15) is 15.4 Å². The number of halogens is 1. The number of rotatable bonds is 5. The van der Waals surface area contributed by atoms with E-state index in [9.17, 15) is 4.79 Å². The Morgan fingerprint density at radius 3 is 2.41 bits per heavy atom. The zero-order valence-corrected chi connectivity index (χ0v) is 17.7. The summed E-state index contributed by atoms with van der Waals surface area (Å²) < 4.78 is 5.16. The number of amides is 1. The van der Waals surface area contributed by atoms with Gasteiger partial charge in [-0.15, -0.1) is 11.3 Å². The van der Waals surface area contributed by atoms with Gasteiger partial charge in [0.15, 0.2) is 0 Å². The molecule has 2 aromatic carbocycles. The number of piperazine rings is 1. The van der Waals surface area contributed by atoms with Gasteiger partial charge in [-0.05, 0) is 36.4 Å². The van der Waals surface area contributed by atoms with Crippen molar-refractivity contribution >= 4 is 28.8 Å². The normalized spacial score (nSPS) is 14.8. The summed E-state index contributed by atoms with van der Waals surface area (Å²) in [6.07, 6.45) is 0. The molecule has 0 spiro atoms. The van der Waals surface area contributed by atoms with E-state index in [4.69, 9.17) is 21.3 Å². The van der Waals surface area contributed by atoms with Gasteiger partial charge < -0.3 is 9.64 Å². The van der Waals surface area contributed by atoms with Crippen molar-refractivity contribution in [1.29, 1.82) is 0 Å². The Hall–Kier alpha value is -2.41. The molecule has 1 amide bonds. The highest BCUT2D eigenvalue weighted by molar-refractivity contribution is 7.09. The van der Waals surface area contributed by atoms with Crippen LogP contribution >= 0.6 is 22.9 Å². The summed E-state index contributed by atoms with van der Waals surface area (Å²) in [6, 6.07) is 15.0. The smallest absolute Gasteiger partial charge is 0.253 e. The van der Waals surface area contributed by atoms with E-state index in [1.54, 1.807) is 18.4 Å². The molecule has 150 valence electrons. The van der Waals surface area contributed by atoms with E-state index in [-0.39, 0.29) is 5.91 Å². The highest BCUT2D eigenvalue weighted by atomic mass is 35.5. The molecule has 5 nitrogen and oxygen atoms in total. The largest absolute Gasteiger partial charge is 0.497 e. The third-order valence-electron chi connectivity index (χ3n) is 5.05. The van der Waals surface area contributed by atoms with Crippen molar-refractivity contribution in [3.8, 4) is 17.0 Å². The van der Waals surface area contributed by atoms with E-state index >= 15 is 0 Å². The summed E-state index contributed by atoms with van der Waals surface area (Å²) in [6.45, 7) is 3.94. The second-order valence-electron chi connectivity index (χ2n) is 6.93. The molecule has 0 N–H and O–H groups in total. The number of hydrogen-bond donors (Lipinski definition) is 0. The van der Waals surface area contributed by atoms with Crippen LogP contribution < -0.4 is 4.74 Å². The van der Waals surface area contributed by atoms with Crippen LogP contribution in [0.25, 0.3) is 11.3 Å². The Morgan fingerprint density at radius 2 is 1.76 bits per heavy atom. The van der Waals surface area contributed by atoms with Crippen molar-refractivity contribution in [2.75, 3.05) is 33.3 Å². The minimum atomic E-state index is 0.0755. The van der Waals surface area contributed by atoms with Crippen molar-refractivity contribution in [2.45, 2.75) is 6.54 Å². The lowest BCUT2D eigenvalue weighted by Gasteiger charge is -2.34. The highest BCUT2D eigenvalue weighted by Gasteiger charge is 2.22. The quantitative estimate of drug-likeness (QED) is 0.604. The Bertz CT molecular complexity index is 964. The molecule has 0 aliphatic carbocycles. The lowest BCUT2D eigenvalue weighted by molar-refractivity contribution is 0.0628. The van der Waals surface area contributed by atoms with Gasteiger partial charge in [0.1, 0.15) is 10.8 Å². The maximum atomic E-state index is 12.7. The molecule has 0 saturated carbocycles. The maximum Gasteiger partial charge on any atom is 0.253 e. The fourth-order valence-corrected chi connectivity index (χ4v) is 4.32. The number of methoxy groups -OCH3 is 1. The molecule has 0 bridgehead atoms. The van der Waals surface area contributed by atoms with Crippen molar-refractivity contribution in [2.24, 2.45) is 0 Å². The van der Waals surface area contributed by atoms with E-state index in [2.05, 4.69) is 10.3 Å². The first-order valence-electron chi connectivity index (χ1n) is 9.48. The summed E-state index contributed by atoms with van der Waals surface area (Å²) in [5.41, 5.74) is 2.76. The molecule has 29 heavy (non-hydrogen) atoms. The first-order chi connectivity index (χ1) is 14.1. The highest BCUT2D eigenvalue weighted by Crippen LogP contribution is 2.24. The molecule has 1 saturated heterocycles. The molecular weight excluding hydrogens is 406 g/mol. The van der Waals surface area contributed by atoms with Crippen LogP contribution in [0.4, 0.5) is 0 Å². The van der Waals surface area contributed by atoms with Gasteiger partial charge in [0.2, 0.25) is 0 Å². The van der Waals surface area contributed by atoms with Crippen molar-refractivity contribution in [3.63, 3.8) is 0 Å². The first-order valence-corrected chi connectivity index (χ1v) is 10.7. The zero-order chi connectivity index (χ0) is 20.2. The predicted molar refractivity (Wildman–Crippen MR) is 117 cm³/mol. The minimum absolute atomic E-state index is 0.0755. The summed E-state index contributed by atoms with van der Waals surface area (Å²) in [7, 11) is 1.62. The van der Waals surface area contributed by atoms with E-state index in [1.165, 1.54) is 0 Å². The van der Waals surface area contributed by atoms with E-state index in [1.807, 2.05) is 53.4 Å². The van der Waals surface area contributed by atoms with Gasteiger partial charge in [-0.1, -0.05) is 23.7 Å². The number of thiazole rings is 1. The Balaban J connectivity index is 1.32. The molecule has 1 aliphatic heterocycles. The van der Waals surface area contributed by atoms with Crippen LogP contribution in [0, 0.1) is 0 Å². The molecule has 4 rings (SSSR count). The molecule has 0 atom stereocenters. The van der Waals surface area contributed by atoms with Crippen LogP contribution in [0.2, 0.25) is 5.02 Å². The van der Waals surface area contributed by atoms with Gasteiger partial charge >= 0.3 is 0 Å². The molecule has 1 fully saturated rings. The number of nitrogens with zero attached hydrogens (tertiary/aromatic N) is 3. The molecule has 1 aliphatic rings. The number of hydrogen-bond acceptors (Lipinski definition) is 5. The Kier molecular flexibility index (Phi) is 6.13. The summed E-state index contributed by atoms with van der Waals surface area (Å²) >= 11 is 7.63. The van der Waals surface area contributed by atoms with Crippen molar-refractivity contribution in [1.82, 2.24) is 14.8 Å². The van der Waals surface area contributed by atoms with E-state index in [0.717, 1.165) is 59.8 Å². The summed E-state index contributed by atoms with van der Waals surface area (Å²) in [4.78, 5) is 21.7. The summed E-state index contributed by atoms with van der Waals surface area (Å²) in [5, 5.41) is 3.90. The fraction of sp³-hybridized carbons (Fsp3) is 0.273. The van der Waals surface area contributed by atoms with Crippen molar-refractivity contribution in [3.05, 3.63) is 69.5 Å². The third kappa shape index (κ3) is 4.78. The molecule has 0 unspecified atom stereocenters. The van der Waals surface area contributed by atoms with Crippen LogP contribution in [0.5, 0.6) is 5.75 Å². The van der Waals surface area contributed by atoms with Gasteiger partial charge in [0.25, 0.3) is 5.91 Å². The number of ether oxygens (including phenoxy) is 1. The fourth-order valence-electron chi connectivity index (χ4n) is 3.35. The van der Waals surface area contributed by atoms with Crippen molar-refractivity contribution < 1.29 is 9.53 Å². The van der Waals surface area contributed by atoms with Gasteiger partial charge in [0, 0.05) is 47.7 Å². The molecule has 2 heterocycles. The second kappa shape index (κ2) is 8.95. The van der Waals surface area contributed by atoms with Crippen LogP contribution in [0.15, 0.2) is 53.9 Å². The topological polar surface area (TPSA) is 45.7 Å². The number of carbonyl (C=O) groups is 1. The lowest BCUT2D eigenvalue weighted by Crippen LogP contribution is -2.48. The predicted octanol–water partition coefficient (Wildman–Crippen LogP) is 4.43. The monoisotopic (exact) mass is 427 g/mol. The number of aromatic nitrogens is 1. The van der Waals surface area contributed by atoms with E-state index < -0.39 is 0 Å². The van der Waals surface area contributed by atoms with Crippen LogP contribution in [0.3, 0.4) is 0 Å². The van der Waals surface area contributed by atoms with Crippen LogP contribution in [-0.4, -0.2) is 54.0 Å². The van der Waals surface area contributed by atoms with Gasteiger partial charge in [-0.25, -0.2) is 4.98 Å². The molecule has 1 aromatic heterocycles. The third-order valence-corrected chi connectivity index (χ3v) is 6.13. The molecule has 7 heteroatoms. The second-order valence-corrected chi connectivity index (χ2v) is 8.31. The van der Waals surface area contributed by atoms with Gasteiger partial charge in [-0.2, -0.15) is 0 Å². The van der Waals surface area contributed by atoms with Gasteiger partial charge in [0.05, 0.1) is 19.3 Å². The Morgan fingerprint density at radius 1 is 1.07 bits per heavy atom. The van der Waals surface area contributed by atoms with E-state index in [0.29, 0.717) is 5.56 Å². The molecular formula is C22H22ClN3O2S. The first kappa shape index (κ1) is 19.9. The number of carbonyl (C=O) groups excluding carboxylic acids is 1. The average Bonchev–Trinajstić information content (AvgIpc) is 3.23. The molecule has 3 aromatic rings. The average molecular weight is 428 g/mol. The maximum absolute atomic E-state index is 12.7. The Labute approximate surface area is 179 Å². The SMILES string of the molecule is COc1ccc(C(=O)N2CCN(Cc3nc(-c4ccc(Cl)cc4)cs3)CC2)cc1. The minimum Gasteiger partial charge on any atom is -0.497 e. The summed E-state index contributed by atoms with van der Waals surface area (Å²) in [5.74, 6) is 0.833. The lowest BCUT2D eigenvalue weighted by atomic mass is 10.1. The molecule has 0 radical (unpaired) electrons. The van der Waals surface area contributed by atoms with Gasteiger partial charge in [-0.3, -0.25) is 9.69 Å².